The van der Waals surface area contributed by atoms with E-state index in [-0.39, 0.29) is 11.9 Å². The van der Waals surface area contributed by atoms with Gasteiger partial charge in [0, 0.05) is 18.2 Å². The molecule has 2 heterocycles. The molecule has 1 aromatic heterocycles. The second kappa shape index (κ2) is 5.63. The first-order chi connectivity index (χ1) is 9.33. The molecule has 1 aliphatic rings. The molecule has 1 fully saturated rings. The van der Waals surface area contributed by atoms with Gasteiger partial charge in [-0.05, 0) is 24.1 Å². The average Bonchev–Trinajstić information content (AvgIpc) is 3.09. The minimum absolute atomic E-state index is 0.0400. The molecule has 1 saturated heterocycles. The summed E-state index contributed by atoms with van der Waals surface area (Å²) in [4.78, 5) is 15.9. The summed E-state index contributed by atoms with van der Waals surface area (Å²) in [7, 11) is 0. The van der Waals surface area contributed by atoms with E-state index in [4.69, 9.17) is 4.42 Å². The molecule has 1 unspecified atom stereocenters. The van der Waals surface area contributed by atoms with Crippen LogP contribution >= 0.6 is 11.8 Å². The third-order valence-corrected chi connectivity index (χ3v) is 4.08. The van der Waals surface area contributed by atoms with Gasteiger partial charge in [-0.15, -0.1) is 11.8 Å². The van der Waals surface area contributed by atoms with Gasteiger partial charge in [-0.2, -0.15) is 0 Å². The van der Waals surface area contributed by atoms with Crippen molar-refractivity contribution in [2.45, 2.75) is 12.5 Å². The van der Waals surface area contributed by atoms with Crippen LogP contribution in [-0.2, 0) is 11.2 Å². The first-order valence-corrected chi connectivity index (χ1v) is 7.39. The Bertz CT molecular complexity index is 578. The Morgan fingerprint density at radius 3 is 3.37 bits per heavy atom. The van der Waals surface area contributed by atoms with E-state index in [2.05, 4.69) is 15.6 Å². The summed E-state index contributed by atoms with van der Waals surface area (Å²) in [6.45, 7) is 0.640. The summed E-state index contributed by atoms with van der Waals surface area (Å²) >= 11 is 1.75. The first kappa shape index (κ1) is 12.5. The summed E-state index contributed by atoms with van der Waals surface area (Å²) in [6, 6.07) is 5.88. The summed E-state index contributed by atoms with van der Waals surface area (Å²) in [5.41, 5.74) is 2.79. The fraction of sp³-hybridized carbons (Fsp3) is 0.385. The molecule has 3 rings (SSSR count). The lowest BCUT2D eigenvalue weighted by Gasteiger charge is -2.10. The van der Waals surface area contributed by atoms with Crippen LogP contribution in [0, 0.1) is 0 Å². The average molecular weight is 277 g/mol. The van der Waals surface area contributed by atoms with Gasteiger partial charge in [-0.3, -0.25) is 10.1 Å². The van der Waals surface area contributed by atoms with Crippen LogP contribution in [-0.4, -0.2) is 35.1 Å². The Morgan fingerprint density at radius 1 is 1.58 bits per heavy atom. The highest BCUT2D eigenvalue weighted by atomic mass is 32.2. The normalized spacial score (nSPS) is 18.8. The van der Waals surface area contributed by atoms with Crippen molar-refractivity contribution in [1.82, 2.24) is 15.6 Å². The van der Waals surface area contributed by atoms with Gasteiger partial charge >= 0.3 is 0 Å². The van der Waals surface area contributed by atoms with Gasteiger partial charge < -0.3 is 9.73 Å². The molecule has 0 aliphatic carbocycles. The number of hydrogen-bond acceptors (Lipinski definition) is 5. The minimum Gasteiger partial charge on any atom is -0.443 e. The number of nitrogens with one attached hydrogen (secondary N) is 2. The number of rotatable bonds is 4. The Hall–Kier alpha value is -1.53. The van der Waals surface area contributed by atoms with Gasteiger partial charge in [0.25, 0.3) is 0 Å². The molecule has 100 valence electrons. The highest BCUT2D eigenvalue weighted by Gasteiger charge is 2.21. The topological polar surface area (TPSA) is 67.2 Å². The van der Waals surface area contributed by atoms with E-state index in [1.54, 1.807) is 11.8 Å². The zero-order chi connectivity index (χ0) is 13.1. The molecule has 1 amide bonds. The van der Waals surface area contributed by atoms with Gasteiger partial charge in [-0.1, -0.05) is 6.07 Å². The first-order valence-electron chi connectivity index (χ1n) is 6.24. The highest BCUT2D eigenvalue weighted by molar-refractivity contribution is 7.99. The molecular weight excluding hydrogens is 262 g/mol. The monoisotopic (exact) mass is 277 g/mol. The number of aromatic nitrogens is 1. The van der Waals surface area contributed by atoms with Gasteiger partial charge in [0.1, 0.15) is 5.52 Å². The molecular formula is C13H15N3O2S. The third-order valence-electron chi connectivity index (χ3n) is 3.14. The van der Waals surface area contributed by atoms with E-state index < -0.39 is 0 Å². The van der Waals surface area contributed by atoms with Crippen molar-refractivity contribution in [3.63, 3.8) is 0 Å². The molecule has 6 heteroatoms. The van der Waals surface area contributed by atoms with Gasteiger partial charge in [0.15, 0.2) is 12.0 Å². The second-order valence-electron chi connectivity index (χ2n) is 4.47. The highest BCUT2D eigenvalue weighted by Crippen LogP contribution is 2.14. The van der Waals surface area contributed by atoms with Crippen LogP contribution in [0.25, 0.3) is 11.1 Å². The lowest BCUT2D eigenvalue weighted by Crippen LogP contribution is -2.42. The zero-order valence-corrected chi connectivity index (χ0v) is 11.2. The summed E-state index contributed by atoms with van der Waals surface area (Å²) < 4.78 is 5.26. The van der Waals surface area contributed by atoms with E-state index >= 15 is 0 Å². The number of hydrogen-bond donors (Lipinski definition) is 2. The molecule has 0 spiro atoms. The zero-order valence-electron chi connectivity index (χ0n) is 10.4. The van der Waals surface area contributed by atoms with Crippen LogP contribution in [0.5, 0.6) is 0 Å². The van der Waals surface area contributed by atoms with Crippen molar-refractivity contribution in [3.05, 3.63) is 30.2 Å². The van der Waals surface area contributed by atoms with E-state index in [9.17, 15) is 4.79 Å². The lowest BCUT2D eigenvalue weighted by molar-refractivity contribution is -0.122. The van der Waals surface area contributed by atoms with E-state index in [1.165, 1.54) is 6.39 Å². The van der Waals surface area contributed by atoms with Gasteiger partial charge in [0.2, 0.25) is 5.91 Å². The summed E-state index contributed by atoms with van der Waals surface area (Å²) in [5, 5.41) is 6.11. The van der Waals surface area contributed by atoms with Crippen molar-refractivity contribution in [1.29, 1.82) is 0 Å². The molecule has 19 heavy (non-hydrogen) atoms. The van der Waals surface area contributed by atoms with Crippen LogP contribution in [0.2, 0.25) is 0 Å². The number of carbonyl (C=O) groups excluding carboxylic acids is 1. The molecule has 0 radical (unpaired) electrons. The molecule has 1 atom stereocenters. The molecule has 2 aromatic rings. The van der Waals surface area contributed by atoms with E-state index in [0.29, 0.717) is 6.54 Å². The molecule has 0 saturated carbocycles. The van der Waals surface area contributed by atoms with Crippen molar-refractivity contribution in [2.75, 3.05) is 18.2 Å². The van der Waals surface area contributed by atoms with E-state index in [0.717, 1.165) is 34.7 Å². The van der Waals surface area contributed by atoms with Crippen LogP contribution in [0.15, 0.2) is 29.0 Å². The molecule has 1 aliphatic heterocycles. The maximum Gasteiger partial charge on any atom is 0.238 e. The van der Waals surface area contributed by atoms with Crippen molar-refractivity contribution < 1.29 is 9.21 Å². The smallest absolute Gasteiger partial charge is 0.238 e. The molecule has 5 nitrogen and oxygen atoms in total. The van der Waals surface area contributed by atoms with Crippen molar-refractivity contribution >= 4 is 28.8 Å². The molecule has 1 aromatic carbocycles. The minimum atomic E-state index is -0.0400. The summed E-state index contributed by atoms with van der Waals surface area (Å²) in [6.07, 6.45) is 2.24. The Morgan fingerprint density at radius 2 is 2.53 bits per heavy atom. The number of oxazole rings is 1. The van der Waals surface area contributed by atoms with Gasteiger partial charge in [-0.25, -0.2) is 4.98 Å². The fourth-order valence-electron chi connectivity index (χ4n) is 2.07. The number of carbonyl (C=O) groups is 1. The number of nitrogens with zero attached hydrogens (tertiary/aromatic N) is 1. The number of fused-ring (bicyclic) bond motifs is 1. The number of thioether (sulfide) groups is 1. The van der Waals surface area contributed by atoms with E-state index in [1.807, 2.05) is 18.2 Å². The standard InChI is InChI=1S/C13H15N3O2S/c17-13(11-6-19-8-16-11)14-4-3-9-1-2-10-12(5-9)18-7-15-10/h1-2,5,7,11,16H,3-4,6,8H2,(H,14,17). The maximum atomic E-state index is 11.8. The van der Waals surface area contributed by atoms with Crippen LogP contribution < -0.4 is 10.6 Å². The predicted molar refractivity (Wildman–Crippen MR) is 75.0 cm³/mol. The van der Waals surface area contributed by atoms with Crippen LogP contribution in [0.3, 0.4) is 0 Å². The second-order valence-corrected chi connectivity index (χ2v) is 5.50. The Kier molecular flexibility index (Phi) is 3.70. The molecule has 0 bridgehead atoms. The fourth-order valence-corrected chi connectivity index (χ4v) is 3.01. The predicted octanol–water partition coefficient (Wildman–Crippen LogP) is 1.15. The quantitative estimate of drug-likeness (QED) is 0.877. The number of benzene rings is 1. The number of amides is 1. The lowest BCUT2D eigenvalue weighted by atomic mass is 10.1. The Labute approximate surface area is 115 Å². The van der Waals surface area contributed by atoms with Gasteiger partial charge in [0.05, 0.1) is 6.04 Å². The third kappa shape index (κ3) is 2.90. The maximum absolute atomic E-state index is 11.8. The summed E-state index contributed by atoms with van der Waals surface area (Å²) in [5.74, 6) is 1.81. The van der Waals surface area contributed by atoms with Crippen molar-refractivity contribution in [3.8, 4) is 0 Å². The Balaban J connectivity index is 1.52. The SMILES string of the molecule is O=C(NCCc1ccc2ncoc2c1)C1CSCN1. The van der Waals surface area contributed by atoms with Crippen LogP contribution in [0.4, 0.5) is 0 Å². The largest absolute Gasteiger partial charge is 0.443 e. The van der Waals surface area contributed by atoms with Crippen molar-refractivity contribution in [2.24, 2.45) is 0 Å². The van der Waals surface area contributed by atoms with Crippen LogP contribution in [0.1, 0.15) is 5.56 Å². The molecule has 2 N–H and O–H groups in total.